The van der Waals surface area contributed by atoms with E-state index in [2.05, 4.69) is 17.9 Å². The molecule has 2 rings (SSSR count). The molecule has 0 aromatic heterocycles. The first-order valence-electron chi connectivity index (χ1n) is 7.87. The Morgan fingerprint density at radius 2 is 1.74 bits per heavy atom. The molecule has 0 spiro atoms. The third-order valence-corrected chi connectivity index (χ3v) is 4.80. The van der Waals surface area contributed by atoms with E-state index in [1.807, 2.05) is 13.8 Å². The molecule has 1 aromatic rings. The lowest BCUT2D eigenvalue weighted by Gasteiger charge is -2.31. The Morgan fingerprint density at radius 3 is 2.22 bits per heavy atom. The molecule has 0 unspecified atom stereocenters. The van der Waals surface area contributed by atoms with Crippen LogP contribution in [-0.2, 0) is 11.3 Å². The number of carboxylic acid groups (broad SMARTS) is 1. The number of hydrogen-bond donors (Lipinski definition) is 1. The summed E-state index contributed by atoms with van der Waals surface area (Å²) in [4.78, 5) is 25.2. The number of hydrogen-bond acceptors (Lipinski definition) is 3. The van der Waals surface area contributed by atoms with Crippen LogP contribution in [0.1, 0.15) is 52.4 Å². The molecule has 1 fully saturated rings. The van der Waals surface area contributed by atoms with Crippen molar-refractivity contribution in [2.24, 2.45) is 5.92 Å². The highest BCUT2D eigenvalue weighted by atomic mass is 35.5. The van der Waals surface area contributed by atoms with Crippen LogP contribution in [0.5, 0.6) is 0 Å². The van der Waals surface area contributed by atoms with Gasteiger partial charge in [0, 0.05) is 12.1 Å². The molecular weight excluding hydrogens is 314 g/mol. The summed E-state index contributed by atoms with van der Waals surface area (Å²) in [7, 11) is 0. The van der Waals surface area contributed by atoms with Crippen molar-refractivity contribution in [3.05, 3.63) is 33.9 Å². The van der Waals surface area contributed by atoms with E-state index in [9.17, 15) is 9.59 Å². The molecule has 1 aliphatic heterocycles. The molecule has 1 aliphatic rings. The molecule has 1 saturated heterocycles. The Hall–Kier alpha value is -1.39. The van der Waals surface area contributed by atoms with E-state index < -0.39 is 5.97 Å². The number of Topliss-reactive ketones (excluding diaryl/α,β-unsaturated/α-hetero) is 1. The highest BCUT2D eigenvalue weighted by Crippen LogP contribution is 2.26. The molecule has 23 heavy (non-hydrogen) atoms. The van der Waals surface area contributed by atoms with Crippen molar-refractivity contribution in [2.75, 3.05) is 13.1 Å². The van der Waals surface area contributed by atoms with Crippen LogP contribution < -0.4 is 0 Å². The first-order valence-corrected chi connectivity index (χ1v) is 7.87. The van der Waals surface area contributed by atoms with E-state index in [0.717, 1.165) is 36.3 Å². The van der Waals surface area contributed by atoms with E-state index in [1.165, 1.54) is 11.1 Å². The van der Waals surface area contributed by atoms with Gasteiger partial charge in [0.1, 0.15) is 0 Å². The van der Waals surface area contributed by atoms with Crippen molar-refractivity contribution in [2.45, 2.75) is 47.1 Å². The predicted octanol–water partition coefficient (Wildman–Crippen LogP) is 3.53. The topological polar surface area (TPSA) is 57.6 Å². The number of carboxylic acids is 1. The van der Waals surface area contributed by atoms with E-state index in [4.69, 9.17) is 5.11 Å². The second kappa shape index (κ2) is 7.93. The number of ketones is 1. The van der Waals surface area contributed by atoms with Gasteiger partial charge >= 0.3 is 5.97 Å². The fraction of sp³-hybridized carbons (Fsp3) is 0.556. The van der Waals surface area contributed by atoms with E-state index in [1.54, 1.807) is 6.92 Å². The summed E-state index contributed by atoms with van der Waals surface area (Å²) >= 11 is 0. The normalized spacial score (nSPS) is 16.0. The Bertz CT molecular complexity index is 605. The molecule has 0 saturated carbocycles. The molecule has 1 aromatic carbocycles. The van der Waals surface area contributed by atoms with Crippen molar-refractivity contribution in [1.29, 1.82) is 0 Å². The molecule has 5 heteroatoms. The summed E-state index contributed by atoms with van der Waals surface area (Å²) < 4.78 is 0. The van der Waals surface area contributed by atoms with Crippen LogP contribution in [0.25, 0.3) is 0 Å². The lowest BCUT2D eigenvalue weighted by atomic mass is 9.90. The summed E-state index contributed by atoms with van der Waals surface area (Å²) in [6.45, 7) is 10.1. The van der Waals surface area contributed by atoms with Gasteiger partial charge in [0.25, 0.3) is 0 Å². The number of benzene rings is 1. The number of piperidine rings is 1. The number of aryl methyl sites for hydroxylation is 2. The number of aliphatic carboxylic acids is 1. The third kappa shape index (κ3) is 4.33. The van der Waals surface area contributed by atoms with Crippen LogP contribution in [0.4, 0.5) is 0 Å². The van der Waals surface area contributed by atoms with Gasteiger partial charge in [0.05, 0.1) is 5.92 Å². The lowest BCUT2D eigenvalue weighted by molar-refractivity contribution is -0.143. The van der Waals surface area contributed by atoms with Crippen molar-refractivity contribution < 1.29 is 14.7 Å². The molecule has 4 nitrogen and oxygen atoms in total. The number of likely N-dealkylation sites (tertiary alicyclic amines) is 1. The monoisotopic (exact) mass is 339 g/mol. The van der Waals surface area contributed by atoms with Crippen LogP contribution in [0.2, 0.25) is 0 Å². The molecule has 0 aliphatic carbocycles. The zero-order valence-electron chi connectivity index (χ0n) is 14.3. The van der Waals surface area contributed by atoms with Gasteiger partial charge < -0.3 is 5.11 Å². The average molecular weight is 340 g/mol. The molecule has 1 heterocycles. The molecule has 0 atom stereocenters. The van der Waals surface area contributed by atoms with Crippen molar-refractivity contribution in [1.82, 2.24) is 4.90 Å². The third-order valence-electron chi connectivity index (χ3n) is 4.80. The Labute approximate surface area is 144 Å². The Morgan fingerprint density at radius 1 is 1.17 bits per heavy atom. The van der Waals surface area contributed by atoms with Gasteiger partial charge in [-0.1, -0.05) is 6.07 Å². The molecule has 1 N–H and O–H groups in total. The first kappa shape index (κ1) is 19.7. The predicted molar refractivity (Wildman–Crippen MR) is 93.5 cm³/mol. The van der Waals surface area contributed by atoms with Gasteiger partial charge in [-0.05, 0) is 75.9 Å². The van der Waals surface area contributed by atoms with Crippen LogP contribution in [-0.4, -0.2) is 34.8 Å². The highest BCUT2D eigenvalue weighted by molar-refractivity contribution is 5.97. The van der Waals surface area contributed by atoms with Gasteiger partial charge in [0.15, 0.2) is 5.78 Å². The number of halogens is 1. The Kier molecular flexibility index (Phi) is 6.78. The average Bonchev–Trinajstić information content (AvgIpc) is 2.43. The second-order valence-electron chi connectivity index (χ2n) is 6.43. The fourth-order valence-electron chi connectivity index (χ4n) is 3.57. The SMILES string of the molecule is CC(=O)c1c(C)cc(C)c(CN2CCC(C(=O)O)CC2)c1C.Cl. The number of carbonyl (C=O) groups excluding carboxylic acids is 1. The van der Waals surface area contributed by atoms with Crippen LogP contribution in [0, 0.1) is 26.7 Å². The summed E-state index contributed by atoms with van der Waals surface area (Å²) in [5, 5.41) is 9.07. The highest BCUT2D eigenvalue weighted by Gasteiger charge is 2.25. The minimum absolute atomic E-state index is 0. The standard InChI is InChI=1S/C18H25NO3.ClH/c1-11-9-12(2)17(14(4)20)13(3)16(11)10-19-7-5-15(6-8-19)18(21)22;/h9,15H,5-8,10H2,1-4H3,(H,21,22);1H. The van der Waals surface area contributed by atoms with Gasteiger partial charge in [-0.25, -0.2) is 0 Å². The van der Waals surface area contributed by atoms with Crippen molar-refractivity contribution in [3.63, 3.8) is 0 Å². The number of rotatable bonds is 4. The zero-order valence-corrected chi connectivity index (χ0v) is 15.1. The number of carbonyl (C=O) groups is 2. The first-order chi connectivity index (χ1) is 10.3. The minimum atomic E-state index is -0.679. The van der Waals surface area contributed by atoms with Crippen LogP contribution >= 0.6 is 12.4 Å². The Balaban J connectivity index is 0.00000264. The molecule has 0 bridgehead atoms. The number of nitrogens with zero attached hydrogens (tertiary/aromatic N) is 1. The molecule has 0 radical (unpaired) electrons. The maximum atomic E-state index is 11.9. The lowest BCUT2D eigenvalue weighted by Crippen LogP contribution is -2.36. The van der Waals surface area contributed by atoms with Gasteiger partial charge in [-0.2, -0.15) is 0 Å². The van der Waals surface area contributed by atoms with Gasteiger partial charge in [-0.3, -0.25) is 14.5 Å². The maximum Gasteiger partial charge on any atom is 0.306 e. The molecule has 0 amide bonds. The molecule has 128 valence electrons. The van der Waals surface area contributed by atoms with E-state index in [0.29, 0.717) is 12.8 Å². The van der Waals surface area contributed by atoms with Crippen LogP contribution in [0.15, 0.2) is 6.07 Å². The largest absolute Gasteiger partial charge is 0.481 e. The summed E-state index contributed by atoms with van der Waals surface area (Å²) in [6.07, 6.45) is 1.41. The second-order valence-corrected chi connectivity index (χ2v) is 6.43. The van der Waals surface area contributed by atoms with Crippen molar-refractivity contribution in [3.8, 4) is 0 Å². The quantitative estimate of drug-likeness (QED) is 0.852. The van der Waals surface area contributed by atoms with Crippen molar-refractivity contribution >= 4 is 24.2 Å². The van der Waals surface area contributed by atoms with Gasteiger partial charge in [0.2, 0.25) is 0 Å². The summed E-state index contributed by atoms with van der Waals surface area (Å²) in [5.41, 5.74) is 5.37. The smallest absolute Gasteiger partial charge is 0.306 e. The van der Waals surface area contributed by atoms with E-state index >= 15 is 0 Å². The zero-order chi connectivity index (χ0) is 16.4. The van der Waals surface area contributed by atoms with E-state index in [-0.39, 0.29) is 24.1 Å². The van der Waals surface area contributed by atoms with Crippen LogP contribution in [0.3, 0.4) is 0 Å². The minimum Gasteiger partial charge on any atom is -0.481 e. The van der Waals surface area contributed by atoms with Gasteiger partial charge in [-0.15, -0.1) is 12.4 Å². The summed E-state index contributed by atoms with van der Waals surface area (Å²) in [5.74, 6) is -0.772. The maximum absolute atomic E-state index is 11.9. The fourth-order valence-corrected chi connectivity index (χ4v) is 3.57. The summed E-state index contributed by atoms with van der Waals surface area (Å²) in [6, 6.07) is 2.09. The molecular formula is C18H26ClNO3.